The summed E-state index contributed by atoms with van der Waals surface area (Å²) in [7, 11) is 3.59. The smallest absolute Gasteiger partial charge is 0.255 e. The number of carbonyl (C=O) groups is 1. The number of nitrogens with one attached hydrogen (secondary N) is 1. The fourth-order valence-corrected chi connectivity index (χ4v) is 3.19. The highest BCUT2D eigenvalue weighted by atomic mass is 35.5. The van der Waals surface area contributed by atoms with Crippen LogP contribution in [0, 0.1) is 0 Å². The van der Waals surface area contributed by atoms with Gasteiger partial charge in [0.05, 0.1) is 29.4 Å². The van der Waals surface area contributed by atoms with Crippen LogP contribution in [0.1, 0.15) is 23.7 Å². The molecule has 0 spiro atoms. The third kappa shape index (κ3) is 4.75. The minimum absolute atomic E-state index is 0.0533. The van der Waals surface area contributed by atoms with Crippen molar-refractivity contribution >= 4 is 23.2 Å². The van der Waals surface area contributed by atoms with Gasteiger partial charge in [0.25, 0.3) is 5.91 Å². The van der Waals surface area contributed by atoms with Gasteiger partial charge in [-0.15, -0.1) is 0 Å². The monoisotopic (exact) mass is 354 g/mol. The molecule has 134 valence electrons. The van der Waals surface area contributed by atoms with Crippen molar-refractivity contribution in [2.75, 3.05) is 52.6 Å². The maximum Gasteiger partial charge on any atom is 0.255 e. The quantitative estimate of drug-likeness (QED) is 0.787. The van der Waals surface area contributed by atoms with Crippen molar-refractivity contribution < 1.29 is 9.53 Å². The lowest BCUT2D eigenvalue weighted by molar-refractivity contribution is 0.0921. The minimum atomic E-state index is -0.189. The highest BCUT2D eigenvalue weighted by Gasteiger charge is 2.24. The molecule has 0 aliphatic carbocycles. The van der Waals surface area contributed by atoms with Crippen molar-refractivity contribution in [1.82, 2.24) is 15.1 Å². The number of amides is 1. The zero-order chi connectivity index (χ0) is 17.7. The van der Waals surface area contributed by atoms with Gasteiger partial charge in [0, 0.05) is 32.2 Å². The molecule has 0 saturated carbocycles. The van der Waals surface area contributed by atoms with Gasteiger partial charge in [0.1, 0.15) is 5.75 Å². The van der Waals surface area contributed by atoms with Crippen LogP contribution in [0.2, 0.25) is 5.02 Å². The predicted octanol–water partition coefficient (Wildman–Crippen LogP) is 1.69. The van der Waals surface area contributed by atoms with Gasteiger partial charge in [-0.1, -0.05) is 18.5 Å². The maximum atomic E-state index is 12.7. The van der Waals surface area contributed by atoms with Gasteiger partial charge in [-0.2, -0.15) is 0 Å². The second kappa shape index (κ2) is 8.55. The Morgan fingerprint density at radius 1 is 1.42 bits per heavy atom. The number of likely N-dealkylation sites (N-methyl/N-ethyl adjacent to an activating group) is 1. The summed E-state index contributed by atoms with van der Waals surface area (Å²) in [6, 6.07) is 3.20. The van der Waals surface area contributed by atoms with Gasteiger partial charge in [-0.05, 0) is 26.1 Å². The summed E-state index contributed by atoms with van der Waals surface area (Å²) in [4.78, 5) is 17.3. The van der Waals surface area contributed by atoms with Crippen LogP contribution in [0.3, 0.4) is 0 Å². The first-order valence-electron chi connectivity index (χ1n) is 8.29. The first-order chi connectivity index (χ1) is 11.4. The molecule has 1 aromatic rings. The molecule has 1 aliphatic heterocycles. The summed E-state index contributed by atoms with van der Waals surface area (Å²) < 4.78 is 5.28. The number of halogens is 1. The molecule has 1 fully saturated rings. The number of anilines is 1. The van der Waals surface area contributed by atoms with Crippen molar-refractivity contribution in [1.29, 1.82) is 0 Å². The summed E-state index contributed by atoms with van der Waals surface area (Å²) in [5, 5.41) is 3.47. The summed E-state index contributed by atoms with van der Waals surface area (Å²) in [5.74, 6) is 0.243. The number of rotatable bonds is 5. The Labute approximate surface area is 148 Å². The van der Waals surface area contributed by atoms with E-state index in [2.05, 4.69) is 29.1 Å². The van der Waals surface area contributed by atoms with E-state index in [4.69, 9.17) is 22.1 Å². The average Bonchev–Trinajstić information content (AvgIpc) is 2.71. The number of nitrogen functional groups attached to an aromatic ring is 1. The Kier molecular flexibility index (Phi) is 6.71. The van der Waals surface area contributed by atoms with Crippen LogP contribution in [-0.4, -0.2) is 68.6 Å². The molecule has 6 nitrogen and oxygen atoms in total. The second-order valence-electron chi connectivity index (χ2n) is 6.31. The summed E-state index contributed by atoms with van der Waals surface area (Å²) >= 11 is 6.07. The number of benzene rings is 1. The van der Waals surface area contributed by atoms with E-state index in [0.717, 1.165) is 39.1 Å². The lowest BCUT2D eigenvalue weighted by Crippen LogP contribution is -2.46. The molecule has 0 aromatic heterocycles. The first-order valence-corrected chi connectivity index (χ1v) is 8.67. The molecule has 1 heterocycles. The Morgan fingerprint density at radius 2 is 2.17 bits per heavy atom. The lowest BCUT2D eigenvalue weighted by atomic mass is 10.1. The molecular weight excluding hydrogens is 328 g/mol. The Hall–Kier alpha value is -1.50. The third-order valence-electron chi connectivity index (χ3n) is 4.25. The van der Waals surface area contributed by atoms with Gasteiger partial charge < -0.3 is 20.7 Å². The topological polar surface area (TPSA) is 70.8 Å². The summed E-state index contributed by atoms with van der Waals surface area (Å²) in [6.07, 6.45) is 1.10. The number of nitrogens with two attached hydrogens (primary N) is 1. The number of methoxy groups -OCH3 is 1. The van der Waals surface area contributed by atoms with Crippen LogP contribution in [0.5, 0.6) is 5.75 Å². The van der Waals surface area contributed by atoms with Gasteiger partial charge in [-0.25, -0.2) is 0 Å². The fourth-order valence-electron chi connectivity index (χ4n) is 3.03. The second-order valence-corrected chi connectivity index (χ2v) is 6.71. The first kappa shape index (κ1) is 18.8. The van der Waals surface area contributed by atoms with E-state index in [9.17, 15) is 4.79 Å². The van der Waals surface area contributed by atoms with Crippen LogP contribution in [0.25, 0.3) is 0 Å². The van der Waals surface area contributed by atoms with Crippen molar-refractivity contribution in [3.05, 3.63) is 22.7 Å². The molecule has 1 unspecified atom stereocenters. The van der Waals surface area contributed by atoms with E-state index in [1.807, 2.05) is 0 Å². The standard InChI is InChI=1S/C17H27ClN4O2/c1-4-5-22-7-6-21(2)10-12(11-22)20-17(23)13-8-14(18)15(19)9-16(13)24-3/h8-9,12H,4-7,10-11,19H2,1-3H3,(H,20,23). The SMILES string of the molecule is CCCN1CCN(C)CC(NC(=O)c2cc(Cl)c(N)cc2OC)C1. The fraction of sp³-hybridized carbons (Fsp3) is 0.588. The number of nitrogens with zero attached hydrogens (tertiary/aromatic N) is 2. The van der Waals surface area contributed by atoms with Crippen LogP contribution >= 0.6 is 11.6 Å². The predicted molar refractivity (Wildman–Crippen MR) is 97.9 cm³/mol. The average molecular weight is 355 g/mol. The highest BCUT2D eigenvalue weighted by Crippen LogP contribution is 2.28. The van der Waals surface area contributed by atoms with E-state index in [-0.39, 0.29) is 11.9 Å². The molecule has 1 saturated heterocycles. The van der Waals surface area contributed by atoms with Gasteiger partial charge in [0.15, 0.2) is 0 Å². The molecule has 1 atom stereocenters. The van der Waals surface area contributed by atoms with E-state index >= 15 is 0 Å². The van der Waals surface area contributed by atoms with Crippen LogP contribution in [0.4, 0.5) is 5.69 Å². The molecule has 1 aromatic carbocycles. The van der Waals surface area contributed by atoms with E-state index < -0.39 is 0 Å². The van der Waals surface area contributed by atoms with Crippen molar-refractivity contribution in [2.45, 2.75) is 19.4 Å². The number of hydrogen-bond donors (Lipinski definition) is 2. The van der Waals surface area contributed by atoms with Gasteiger partial charge in [0.2, 0.25) is 0 Å². The molecule has 3 N–H and O–H groups in total. The highest BCUT2D eigenvalue weighted by molar-refractivity contribution is 6.33. The zero-order valence-electron chi connectivity index (χ0n) is 14.6. The Bertz CT molecular complexity index is 582. The number of carbonyl (C=O) groups excluding carboxylic acids is 1. The zero-order valence-corrected chi connectivity index (χ0v) is 15.4. The lowest BCUT2D eigenvalue weighted by Gasteiger charge is -2.24. The largest absolute Gasteiger partial charge is 0.496 e. The number of hydrogen-bond acceptors (Lipinski definition) is 5. The van der Waals surface area contributed by atoms with E-state index in [0.29, 0.717) is 22.0 Å². The van der Waals surface area contributed by atoms with Crippen LogP contribution in [-0.2, 0) is 0 Å². The van der Waals surface area contributed by atoms with Crippen LogP contribution < -0.4 is 15.8 Å². The van der Waals surface area contributed by atoms with Crippen molar-refractivity contribution in [3.63, 3.8) is 0 Å². The summed E-state index contributed by atoms with van der Waals surface area (Å²) in [5.41, 5.74) is 6.59. The van der Waals surface area contributed by atoms with E-state index in [1.54, 1.807) is 12.1 Å². The Morgan fingerprint density at radius 3 is 2.83 bits per heavy atom. The van der Waals surface area contributed by atoms with E-state index in [1.165, 1.54) is 7.11 Å². The van der Waals surface area contributed by atoms with Gasteiger partial charge >= 0.3 is 0 Å². The number of ether oxygens (including phenoxy) is 1. The molecule has 24 heavy (non-hydrogen) atoms. The third-order valence-corrected chi connectivity index (χ3v) is 4.57. The molecule has 0 radical (unpaired) electrons. The minimum Gasteiger partial charge on any atom is -0.496 e. The molecule has 1 aliphatic rings. The van der Waals surface area contributed by atoms with Crippen LogP contribution in [0.15, 0.2) is 12.1 Å². The van der Waals surface area contributed by atoms with Crippen molar-refractivity contribution in [3.8, 4) is 5.75 Å². The summed E-state index contributed by atoms with van der Waals surface area (Å²) in [6.45, 7) is 6.89. The molecule has 1 amide bonds. The Balaban J connectivity index is 2.14. The normalized spacial score (nSPS) is 19.8. The molecular formula is C17H27ClN4O2. The van der Waals surface area contributed by atoms with Gasteiger partial charge in [-0.3, -0.25) is 9.69 Å². The van der Waals surface area contributed by atoms with Crippen molar-refractivity contribution in [2.24, 2.45) is 0 Å². The maximum absolute atomic E-state index is 12.7. The molecule has 2 rings (SSSR count). The molecule has 7 heteroatoms. The molecule has 0 bridgehead atoms.